The topological polar surface area (TPSA) is 63.5 Å². The Morgan fingerprint density at radius 2 is 2.09 bits per heavy atom. The van der Waals surface area contributed by atoms with Gasteiger partial charge >= 0.3 is 0 Å². The molecule has 3 rings (SSSR count). The van der Waals surface area contributed by atoms with Crippen molar-refractivity contribution >= 4 is 28.7 Å². The van der Waals surface area contributed by atoms with Crippen LogP contribution in [0.25, 0.3) is 5.65 Å². The number of imidazole rings is 1. The molecular formula is C17H17N3O2S. The molecule has 0 aromatic carbocycles. The fraction of sp³-hybridized carbons (Fsp3) is 0.235. The first kappa shape index (κ1) is 15.4. The average Bonchev–Trinajstić information content (AvgIpc) is 3.21. The number of carbonyl (C=O) groups is 2. The maximum atomic E-state index is 11.8. The number of nitrogens with one attached hydrogen (secondary N) is 1. The lowest BCUT2D eigenvalue weighted by atomic mass is 10.2. The minimum atomic E-state index is -0.0985. The molecule has 0 unspecified atom stereocenters. The van der Waals surface area contributed by atoms with Gasteiger partial charge in [-0.15, -0.1) is 11.3 Å². The van der Waals surface area contributed by atoms with Gasteiger partial charge in [-0.2, -0.15) is 0 Å². The molecule has 118 valence electrons. The van der Waals surface area contributed by atoms with Crippen molar-refractivity contribution in [2.24, 2.45) is 0 Å². The summed E-state index contributed by atoms with van der Waals surface area (Å²) in [6, 6.07) is 9.46. The highest BCUT2D eigenvalue weighted by atomic mass is 32.1. The van der Waals surface area contributed by atoms with Crippen LogP contribution in [0.1, 0.15) is 28.2 Å². The first-order valence-electron chi connectivity index (χ1n) is 7.48. The summed E-state index contributed by atoms with van der Waals surface area (Å²) < 4.78 is 1.96. The lowest BCUT2D eigenvalue weighted by molar-refractivity contribution is -0.121. The number of hydrogen-bond donors (Lipinski definition) is 1. The van der Waals surface area contributed by atoms with Crippen molar-refractivity contribution in [2.75, 3.05) is 6.54 Å². The molecule has 1 N–H and O–H groups in total. The fourth-order valence-corrected chi connectivity index (χ4v) is 3.01. The average molecular weight is 327 g/mol. The highest BCUT2D eigenvalue weighted by Crippen LogP contribution is 2.12. The van der Waals surface area contributed by atoms with Crippen LogP contribution in [0.5, 0.6) is 0 Å². The van der Waals surface area contributed by atoms with Crippen LogP contribution in [0.2, 0.25) is 0 Å². The van der Waals surface area contributed by atoms with Gasteiger partial charge in [-0.3, -0.25) is 9.59 Å². The second-order valence-electron chi connectivity index (χ2n) is 5.20. The summed E-state index contributed by atoms with van der Waals surface area (Å²) in [6.45, 7) is 0.524. The largest absolute Gasteiger partial charge is 0.356 e. The van der Waals surface area contributed by atoms with Gasteiger partial charge in [0, 0.05) is 38.2 Å². The van der Waals surface area contributed by atoms with Gasteiger partial charge in [0.05, 0.1) is 10.6 Å². The Kier molecular flexibility index (Phi) is 4.83. The summed E-state index contributed by atoms with van der Waals surface area (Å²) >= 11 is 1.41. The van der Waals surface area contributed by atoms with Gasteiger partial charge in [-0.25, -0.2) is 4.98 Å². The van der Waals surface area contributed by atoms with E-state index in [-0.39, 0.29) is 24.5 Å². The standard InChI is InChI=1S/C17H17N3O2S/c21-14(15-4-3-11-23-15)6-7-17(22)18-9-8-13-12-20-10-2-1-5-16(20)19-13/h1-5,10-12H,6-9H2,(H,18,22). The maximum Gasteiger partial charge on any atom is 0.220 e. The Morgan fingerprint density at radius 3 is 2.87 bits per heavy atom. The van der Waals surface area contributed by atoms with Crippen molar-refractivity contribution < 1.29 is 9.59 Å². The number of Topliss-reactive ketones (excluding diaryl/α,β-unsaturated/α-hetero) is 1. The van der Waals surface area contributed by atoms with E-state index in [1.165, 1.54) is 11.3 Å². The Hall–Kier alpha value is -2.47. The molecule has 3 heterocycles. The smallest absolute Gasteiger partial charge is 0.220 e. The summed E-state index contributed by atoms with van der Waals surface area (Å²) in [6.07, 6.45) is 5.05. The number of nitrogens with zero attached hydrogens (tertiary/aromatic N) is 2. The Balaban J connectivity index is 1.41. The van der Waals surface area contributed by atoms with E-state index in [2.05, 4.69) is 10.3 Å². The third-order valence-corrected chi connectivity index (χ3v) is 4.40. The van der Waals surface area contributed by atoms with Crippen molar-refractivity contribution in [3.63, 3.8) is 0 Å². The van der Waals surface area contributed by atoms with E-state index in [9.17, 15) is 9.59 Å². The molecule has 0 aliphatic rings. The zero-order valence-corrected chi connectivity index (χ0v) is 13.4. The van der Waals surface area contributed by atoms with Crippen molar-refractivity contribution in [2.45, 2.75) is 19.3 Å². The van der Waals surface area contributed by atoms with Gasteiger partial charge in [0.15, 0.2) is 5.78 Å². The van der Waals surface area contributed by atoms with E-state index in [0.29, 0.717) is 17.8 Å². The molecule has 0 saturated carbocycles. The summed E-state index contributed by atoms with van der Waals surface area (Å²) in [5.74, 6) is -0.0748. The monoisotopic (exact) mass is 327 g/mol. The molecule has 0 aliphatic carbocycles. The summed E-state index contributed by atoms with van der Waals surface area (Å²) in [4.78, 5) is 28.8. The molecule has 3 aromatic rings. The summed E-state index contributed by atoms with van der Waals surface area (Å²) in [5.41, 5.74) is 1.83. The third-order valence-electron chi connectivity index (χ3n) is 3.49. The number of amides is 1. The molecule has 1 amide bonds. The van der Waals surface area contributed by atoms with Crippen LogP contribution >= 0.6 is 11.3 Å². The number of pyridine rings is 1. The lowest BCUT2D eigenvalue weighted by Gasteiger charge is -2.03. The number of thiophene rings is 1. The van der Waals surface area contributed by atoms with Crippen molar-refractivity contribution in [1.82, 2.24) is 14.7 Å². The molecule has 0 bridgehead atoms. The van der Waals surface area contributed by atoms with E-state index >= 15 is 0 Å². The zero-order valence-electron chi connectivity index (χ0n) is 12.6. The fourth-order valence-electron chi connectivity index (χ4n) is 2.31. The summed E-state index contributed by atoms with van der Waals surface area (Å²) in [7, 11) is 0. The quantitative estimate of drug-likeness (QED) is 0.679. The van der Waals surface area contributed by atoms with E-state index < -0.39 is 0 Å². The predicted molar refractivity (Wildman–Crippen MR) is 89.8 cm³/mol. The first-order chi connectivity index (χ1) is 11.2. The molecule has 3 aromatic heterocycles. The van der Waals surface area contributed by atoms with Crippen LogP contribution < -0.4 is 5.32 Å². The highest BCUT2D eigenvalue weighted by molar-refractivity contribution is 7.12. The molecule has 0 fully saturated rings. The Labute approximate surface area is 138 Å². The predicted octanol–water partition coefficient (Wildman–Crippen LogP) is 2.72. The first-order valence-corrected chi connectivity index (χ1v) is 8.36. The van der Waals surface area contributed by atoms with Crippen LogP contribution in [-0.2, 0) is 11.2 Å². The Bertz CT molecular complexity index is 775. The number of ketones is 1. The minimum Gasteiger partial charge on any atom is -0.356 e. The lowest BCUT2D eigenvalue weighted by Crippen LogP contribution is -2.26. The zero-order chi connectivity index (χ0) is 16.1. The summed E-state index contributed by atoms with van der Waals surface area (Å²) in [5, 5.41) is 4.70. The molecule has 23 heavy (non-hydrogen) atoms. The van der Waals surface area contributed by atoms with Crippen LogP contribution in [0, 0.1) is 0 Å². The van der Waals surface area contributed by atoms with Gasteiger partial charge in [0.2, 0.25) is 5.91 Å². The van der Waals surface area contributed by atoms with E-state index in [1.807, 2.05) is 46.4 Å². The Morgan fingerprint density at radius 1 is 1.17 bits per heavy atom. The molecule has 0 radical (unpaired) electrons. The molecular weight excluding hydrogens is 310 g/mol. The number of carbonyl (C=O) groups excluding carboxylic acids is 2. The van der Waals surface area contributed by atoms with Crippen LogP contribution in [0.3, 0.4) is 0 Å². The molecule has 0 spiro atoms. The third kappa shape index (κ3) is 4.04. The van der Waals surface area contributed by atoms with Crippen LogP contribution in [-0.4, -0.2) is 27.6 Å². The SMILES string of the molecule is O=C(CCC(=O)c1cccs1)NCCc1cn2ccccc2n1. The number of fused-ring (bicyclic) bond motifs is 1. The van der Waals surface area contributed by atoms with Gasteiger partial charge < -0.3 is 9.72 Å². The molecule has 0 atom stereocenters. The van der Waals surface area contributed by atoms with E-state index in [4.69, 9.17) is 0 Å². The highest BCUT2D eigenvalue weighted by Gasteiger charge is 2.10. The second kappa shape index (κ2) is 7.19. The normalized spacial score (nSPS) is 10.8. The number of hydrogen-bond acceptors (Lipinski definition) is 4. The maximum absolute atomic E-state index is 11.8. The minimum absolute atomic E-state index is 0.0236. The molecule has 0 saturated heterocycles. The van der Waals surface area contributed by atoms with E-state index in [1.54, 1.807) is 6.07 Å². The molecule has 0 aliphatic heterocycles. The van der Waals surface area contributed by atoms with Gasteiger partial charge in [0.25, 0.3) is 0 Å². The van der Waals surface area contributed by atoms with Gasteiger partial charge in [-0.05, 0) is 23.6 Å². The molecule has 6 heteroatoms. The number of aromatic nitrogens is 2. The van der Waals surface area contributed by atoms with Crippen LogP contribution in [0.15, 0.2) is 48.1 Å². The molecule has 5 nitrogen and oxygen atoms in total. The van der Waals surface area contributed by atoms with E-state index in [0.717, 1.165) is 11.3 Å². The van der Waals surface area contributed by atoms with Crippen molar-refractivity contribution in [3.05, 3.63) is 58.7 Å². The van der Waals surface area contributed by atoms with Crippen molar-refractivity contribution in [1.29, 1.82) is 0 Å². The van der Waals surface area contributed by atoms with Crippen LogP contribution in [0.4, 0.5) is 0 Å². The van der Waals surface area contributed by atoms with Crippen molar-refractivity contribution in [3.8, 4) is 0 Å². The van der Waals surface area contributed by atoms with Gasteiger partial charge in [0.1, 0.15) is 5.65 Å². The van der Waals surface area contributed by atoms with Gasteiger partial charge in [-0.1, -0.05) is 12.1 Å². The number of rotatable bonds is 7. The second-order valence-corrected chi connectivity index (χ2v) is 6.15.